The Morgan fingerprint density at radius 1 is 1.06 bits per heavy atom. The molecule has 2 fully saturated rings. The maximum atomic E-state index is 13.8. The van der Waals surface area contributed by atoms with Gasteiger partial charge in [-0.2, -0.15) is 26.3 Å². The summed E-state index contributed by atoms with van der Waals surface area (Å²) in [5.41, 5.74) is 0.245. The minimum atomic E-state index is -4.95. The second-order valence-corrected chi connectivity index (χ2v) is 9.06. The molecule has 2 aromatic carbocycles. The summed E-state index contributed by atoms with van der Waals surface area (Å²) in [5, 5.41) is 1.96. The number of carbonyl (C=O) groups is 1. The lowest BCUT2D eigenvalue weighted by molar-refractivity contribution is -0.143. The first-order valence-electron chi connectivity index (χ1n) is 10.9. The fraction of sp³-hybridized carbons (Fsp3) is 0.458. The summed E-state index contributed by atoms with van der Waals surface area (Å²) in [7, 11) is 3.20. The molecule has 0 aromatic heterocycles. The Morgan fingerprint density at radius 3 is 2.12 bits per heavy atom. The molecule has 184 valence electrons. The first kappa shape index (κ1) is 24.5. The van der Waals surface area contributed by atoms with Crippen molar-refractivity contribution in [2.75, 3.05) is 20.6 Å². The van der Waals surface area contributed by atoms with Gasteiger partial charge in [0, 0.05) is 13.6 Å². The largest absolute Gasteiger partial charge is 0.416 e. The van der Waals surface area contributed by atoms with Crippen LogP contribution in [0, 0.1) is 11.3 Å². The van der Waals surface area contributed by atoms with Crippen molar-refractivity contribution in [3.63, 3.8) is 0 Å². The fourth-order valence-corrected chi connectivity index (χ4v) is 5.19. The van der Waals surface area contributed by atoms with Gasteiger partial charge in [0.05, 0.1) is 28.6 Å². The van der Waals surface area contributed by atoms with E-state index < -0.39 is 34.9 Å². The van der Waals surface area contributed by atoms with Crippen molar-refractivity contribution in [1.82, 2.24) is 15.3 Å². The van der Waals surface area contributed by atoms with Crippen LogP contribution in [0.5, 0.6) is 0 Å². The molecule has 4 atom stereocenters. The third-order valence-electron chi connectivity index (χ3n) is 7.16. The number of piperidine rings is 1. The molecule has 1 heterocycles. The van der Waals surface area contributed by atoms with Crippen LogP contribution >= 0.6 is 0 Å². The number of hydrazine groups is 1. The molecule has 0 radical (unpaired) electrons. The first-order valence-corrected chi connectivity index (χ1v) is 10.9. The highest BCUT2D eigenvalue weighted by Gasteiger charge is 2.71. The van der Waals surface area contributed by atoms with E-state index in [2.05, 4.69) is 5.43 Å². The molecule has 1 saturated carbocycles. The van der Waals surface area contributed by atoms with Crippen molar-refractivity contribution in [3.8, 4) is 0 Å². The predicted molar refractivity (Wildman–Crippen MR) is 113 cm³/mol. The highest BCUT2D eigenvalue weighted by atomic mass is 19.4. The Hall–Kier alpha value is -2.59. The third-order valence-corrected chi connectivity index (χ3v) is 7.16. The van der Waals surface area contributed by atoms with Gasteiger partial charge in [0.2, 0.25) is 5.91 Å². The molecule has 4 rings (SSSR count). The summed E-state index contributed by atoms with van der Waals surface area (Å²) >= 11 is 0. The molecule has 0 bridgehead atoms. The van der Waals surface area contributed by atoms with E-state index in [0.29, 0.717) is 25.1 Å². The van der Waals surface area contributed by atoms with Crippen LogP contribution in [-0.2, 0) is 17.1 Å². The second-order valence-electron chi connectivity index (χ2n) is 9.06. The Bertz CT molecular complexity index is 1040. The molecule has 1 N–H and O–H groups in total. The van der Waals surface area contributed by atoms with E-state index in [0.717, 1.165) is 5.56 Å². The summed E-state index contributed by atoms with van der Waals surface area (Å²) in [5.74, 6) is -0.248. The normalized spacial score (nSPS) is 25.7. The number of hydrogen-bond acceptors (Lipinski definition) is 3. The lowest BCUT2D eigenvalue weighted by atomic mass is 9.88. The maximum Gasteiger partial charge on any atom is 0.416 e. The van der Waals surface area contributed by atoms with Crippen molar-refractivity contribution >= 4 is 5.91 Å². The molecule has 2 aliphatic rings. The van der Waals surface area contributed by atoms with Gasteiger partial charge in [-0.25, -0.2) is 5.01 Å². The van der Waals surface area contributed by atoms with Gasteiger partial charge in [0.15, 0.2) is 0 Å². The standard InChI is InChI=1S/C24H25F6N3O/c1-14(16-9-17(23(25,26)27)11-18(10-16)24(28,29)30)32(3)21(34)22-12-19(22)13-33(31-2)20(22)15-7-5-4-6-8-15/h4-11,14,19-20,31H,12-13H2,1-3H3/t14-,19+,20+,22+/m1/s1. The zero-order chi connectivity index (χ0) is 25.1. The lowest BCUT2D eigenvalue weighted by Crippen LogP contribution is -2.44. The van der Waals surface area contributed by atoms with E-state index in [1.54, 1.807) is 7.05 Å². The van der Waals surface area contributed by atoms with E-state index in [1.165, 1.54) is 18.9 Å². The maximum absolute atomic E-state index is 13.8. The summed E-state index contributed by atoms with van der Waals surface area (Å²) in [6, 6.07) is 9.61. The number of nitrogens with one attached hydrogen (secondary N) is 1. The number of fused-ring (bicyclic) bond motifs is 1. The number of alkyl halides is 6. The van der Waals surface area contributed by atoms with E-state index >= 15 is 0 Å². The topological polar surface area (TPSA) is 35.6 Å². The number of rotatable bonds is 5. The molecule has 2 aromatic rings. The van der Waals surface area contributed by atoms with Gasteiger partial charge in [-0.05, 0) is 55.6 Å². The number of benzene rings is 2. The average molecular weight is 485 g/mol. The highest BCUT2D eigenvalue weighted by Crippen LogP contribution is 2.67. The van der Waals surface area contributed by atoms with Crippen LogP contribution in [0.2, 0.25) is 0 Å². The van der Waals surface area contributed by atoms with Crippen molar-refractivity contribution in [2.24, 2.45) is 11.3 Å². The van der Waals surface area contributed by atoms with Gasteiger partial charge in [0.1, 0.15) is 0 Å². The average Bonchev–Trinajstić information content (AvgIpc) is 3.41. The molecule has 10 heteroatoms. The minimum Gasteiger partial charge on any atom is -0.338 e. The number of halogens is 6. The highest BCUT2D eigenvalue weighted by molar-refractivity contribution is 5.88. The van der Waals surface area contributed by atoms with Crippen LogP contribution in [0.25, 0.3) is 0 Å². The van der Waals surface area contributed by atoms with E-state index in [9.17, 15) is 31.1 Å². The molecule has 1 saturated heterocycles. The summed E-state index contributed by atoms with van der Waals surface area (Å²) in [6.45, 7) is 2.07. The minimum absolute atomic E-state index is 0.0413. The molecule has 1 aliphatic heterocycles. The Kier molecular flexibility index (Phi) is 5.96. The first-order chi connectivity index (χ1) is 15.8. The van der Waals surface area contributed by atoms with Crippen LogP contribution in [0.1, 0.15) is 47.7 Å². The number of amides is 1. The Labute approximate surface area is 193 Å². The number of hydrogen-bond donors (Lipinski definition) is 1. The predicted octanol–water partition coefficient (Wildman–Crippen LogP) is 5.44. The molecule has 0 spiro atoms. The second kappa shape index (κ2) is 8.27. The SMILES string of the molecule is CNN1C[C@@H]2C[C@@]2(C(=O)N(C)[C@H](C)c2cc(C(F)(F)F)cc(C(F)(F)F)c2)[C@@H]1c1ccccc1. The van der Waals surface area contributed by atoms with Crippen molar-refractivity contribution in [1.29, 1.82) is 0 Å². The summed E-state index contributed by atoms with van der Waals surface area (Å²) < 4.78 is 80.0. The molecular weight excluding hydrogens is 460 g/mol. The molecule has 1 amide bonds. The van der Waals surface area contributed by atoms with Crippen LogP contribution in [-0.4, -0.2) is 36.5 Å². The van der Waals surface area contributed by atoms with Gasteiger partial charge in [-0.1, -0.05) is 30.3 Å². The molecule has 34 heavy (non-hydrogen) atoms. The van der Waals surface area contributed by atoms with Crippen LogP contribution in [0.3, 0.4) is 0 Å². The van der Waals surface area contributed by atoms with Crippen LogP contribution in [0.15, 0.2) is 48.5 Å². The third kappa shape index (κ3) is 4.07. The quantitative estimate of drug-likeness (QED) is 0.573. The number of nitrogens with zero attached hydrogens (tertiary/aromatic N) is 2. The van der Waals surface area contributed by atoms with Crippen LogP contribution < -0.4 is 5.43 Å². The Morgan fingerprint density at radius 2 is 1.62 bits per heavy atom. The van der Waals surface area contributed by atoms with E-state index in [1.807, 2.05) is 35.3 Å². The lowest BCUT2D eigenvalue weighted by Gasteiger charge is -2.35. The van der Waals surface area contributed by atoms with E-state index in [4.69, 9.17) is 0 Å². The Balaban J connectivity index is 1.68. The smallest absolute Gasteiger partial charge is 0.338 e. The monoisotopic (exact) mass is 485 g/mol. The number of carbonyl (C=O) groups excluding carboxylic acids is 1. The molecular formula is C24H25F6N3O. The van der Waals surface area contributed by atoms with Gasteiger partial charge in [0.25, 0.3) is 0 Å². The van der Waals surface area contributed by atoms with Crippen molar-refractivity contribution in [3.05, 3.63) is 70.8 Å². The zero-order valence-corrected chi connectivity index (χ0v) is 18.8. The van der Waals surface area contributed by atoms with Gasteiger partial charge < -0.3 is 4.90 Å². The zero-order valence-electron chi connectivity index (χ0n) is 18.8. The molecule has 0 unspecified atom stereocenters. The van der Waals surface area contributed by atoms with E-state index in [-0.39, 0.29) is 29.5 Å². The summed E-state index contributed by atoms with van der Waals surface area (Å²) in [4.78, 5) is 15.0. The van der Waals surface area contributed by atoms with Crippen LogP contribution in [0.4, 0.5) is 26.3 Å². The van der Waals surface area contributed by atoms with Crippen molar-refractivity contribution in [2.45, 2.75) is 37.8 Å². The van der Waals surface area contributed by atoms with Gasteiger partial charge in [-0.3, -0.25) is 10.2 Å². The van der Waals surface area contributed by atoms with Crippen molar-refractivity contribution < 1.29 is 31.1 Å². The van der Waals surface area contributed by atoms with Gasteiger partial charge >= 0.3 is 12.4 Å². The molecule has 1 aliphatic carbocycles. The molecule has 4 nitrogen and oxygen atoms in total. The fourth-order valence-electron chi connectivity index (χ4n) is 5.19. The van der Waals surface area contributed by atoms with Gasteiger partial charge in [-0.15, -0.1) is 0 Å². The summed E-state index contributed by atoms with van der Waals surface area (Å²) in [6.07, 6.45) is -9.29.